The Kier molecular flexibility index (Phi) is 4.90. The zero-order chi connectivity index (χ0) is 18.8. The van der Waals surface area contributed by atoms with Crippen LogP contribution >= 0.6 is 11.8 Å². The number of nitrogen functional groups attached to an aromatic ring is 1. The number of hydrogen-bond acceptors (Lipinski definition) is 4. The Bertz CT molecular complexity index is 985. The summed E-state index contributed by atoms with van der Waals surface area (Å²) < 4.78 is 5.94. The Hall–Kier alpha value is -2.72. The van der Waals surface area contributed by atoms with E-state index >= 15 is 0 Å². The molecule has 0 amide bonds. The number of Topliss-reactive ketones (excluding diaryl/α,β-unsaturated/α-hetero) is 1. The van der Waals surface area contributed by atoms with Crippen LogP contribution in [0.1, 0.15) is 26.7 Å². The summed E-state index contributed by atoms with van der Waals surface area (Å²) in [7, 11) is 0. The molecule has 136 valence electrons. The molecule has 0 fully saturated rings. The van der Waals surface area contributed by atoms with Gasteiger partial charge in [0, 0.05) is 15.8 Å². The van der Waals surface area contributed by atoms with Gasteiger partial charge in [-0.05, 0) is 36.8 Å². The second-order valence-corrected chi connectivity index (χ2v) is 7.95. The number of ketones is 1. The van der Waals surface area contributed by atoms with Crippen LogP contribution in [0.25, 0.3) is 0 Å². The molecule has 4 heteroatoms. The maximum absolute atomic E-state index is 13.3. The Morgan fingerprint density at radius 2 is 1.81 bits per heavy atom. The molecule has 0 bridgehead atoms. The SMILES string of the molecule is Cc1cccc([C@H](Sc2ccccc2N)[C@@H]2COc3ccccc3C2=O)c1. The van der Waals surface area contributed by atoms with E-state index in [4.69, 9.17) is 10.5 Å². The van der Waals surface area contributed by atoms with Gasteiger partial charge >= 0.3 is 0 Å². The lowest BCUT2D eigenvalue weighted by molar-refractivity contribution is 0.0827. The van der Waals surface area contributed by atoms with Crippen molar-refractivity contribution in [2.45, 2.75) is 17.1 Å². The summed E-state index contributed by atoms with van der Waals surface area (Å²) in [5.41, 5.74) is 9.85. The molecule has 0 radical (unpaired) electrons. The summed E-state index contributed by atoms with van der Waals surface area (Å²) in [4.78, 5) is 14.2. The number of thioether (sulfide) groups is 1. The first kappa shape index (κ1) is 17.7. The molecule has 3 aromatic carbocycles. The average Bonchev–Trinajstić information content (AvgIpc) is 2.68. The summed E-state index contributed by atoms with van der Waals surface area (Å²) in [6.45, 7) is 2.44. The highest BCUT2D eigenvalue weighted by Gasteiger charge is 2.36. The van der Waals surface area contributed by atoms with Crippen LogP contribution in [0.5, 0.6) is 5.75 Å². The fourth-order valence-corrected chi connectivity index (χ4v) is 4.71. The van der Waals surface area contributed by atoms with Gasteiger partial charge in [-0.25, -0.2) is 0 Å². The second-order valence-electron chi connectivity index (χ2n) is 6.77. The third-order valence-electron chi connectivity index (χ3n) is 4.82. The standard InChI is InChI=1S/C23H21NO2S/c1-15-7-6-8-16(13-15)23(27-21-12-5-3-10-19(21)24)18-14-26-20-11-4-2-9-17(20)22(18)25/h2-13,18,23H,14,24H2,1H3/t18-,23+/m1/s1. The molecular weight excluding hydrogens is 354 g/mol. The van der Waals surface area contributed by atoms with Crippen LogP contribution in [-0.4, -0.2) is 12.4 Å². The highest BCUT2D eigenvalue weighted by Crippen LogP contribution is 2.46. The molecule has 1 aliphatic heterocycles. The number of nitrogens with two attached hydrogens (primary N) is 1. The summed E-state index contributed by atoms with van der Waals surface area (Å²) in [5, 5.41) is -0.0737. The minimum atomic E-state index is -0.272. The highest BCUT2D eigenvalue weighted by atomic mass is 32.2. The molecule has 0 aliphatic carbocycles. The van der Waals surface area contributed by atoms with E-state index in [9.17, 15) is 4.79 Å². The molecule has 3 nitrogen and oxygen atoms in total. The van der Waals surface area contributed by atoms with Crippen molar-refractivity contribution >= 4 is 23.2 Å². The third-order valence-corrected chi connectivity index (χ3v) is 6.30. The highest BCUT2D eigenvalue weighted by molar-refractivity contribution is 7.99. The van der Waals surface area contributed by atoms with Gasteiger partial charge in [0.2, 0.25) is 0 Å². The predicted octanol–water partition coefficient (Wildman–Crippen LogP) is 5.30. The fraction of sp³-hybridized carbons (Fsp3) is 0.174. The molecule has 0 saturated heterocycles. The average molecular weight is 375 g/mol. The molecule has 2 N–H and O–H groups in total. The van der Waals surface area contributed by atoms with Gasteiger partial charge in [0.05, 0.1) is 18.1 Å². The largest absolute Gasteiger partial charge is 0.492 e. The van der Waals surface area contributed by atoms with Crippen molar-refractivity contribution in [3.05, 3.63) is 89.5 Å². The zero-order valence-electron chi connectivity index (χ0n) is 15.1. The summed E-state index contributed by atoms with van der Waals surface area (Å²) in [6, 6.07) is 23.6. The molecule has 3 aromatic rings. The number of ether oxygens (including phenoxy) is 1. The number of para-hydroxylation sites is 2. The Labute approximate surface area is 163 Å². The molecule has 1 aliphatic rings. The number of anilines is 1. The number of carbonyl (C=O) groups excluding carboxylic acids is 1. The Morgan fingerprint density at radius 1 is 1.04 bits per heavy atom. The Morgan fingerprint density at radius 3 is 2.63 bits per heavy atom. The predicted molar refractivity (Wildman–Crippen MR) is 110 cm³/mol. The minimum absolute atomic E-state index is 0.0737. The third kappa shape index (κ3) is 3.58. The van der Waals surface area contributed by atoms with Crippen LogP contribution in [0.4, 0.5) is 5.69 Å². The van der Waals surface area contributed by atoms with Crippen molar-refractivity contribution in [1.29, 1.82) is 0 Å². The van der Waals surface area contributed by atoms with Gasteiger partial charge in [-0.1, -0.05) is 54.1 Å². The quantitative estimate of drug-likeness (QED) is 0.496. The summed E-state index contributed by atoms with van der Waals surface area (Å²) >= 11 is 1.64. The minimum Gasteiger partial charge on any atom is -0.492 e. The maximum Gasteiger partial charge on any atom is 0.174 e. The zero-order valence-corrected chi connectivity index (χ0v) is 15.9. The first-order chi connectivity index (χ1) is 13.1. The van der Waals surface area contributed by atoms with E-state index in [0.29, 0.717) is 17.9 Å². The van der Waals surface area contributed by atoms with E-state index in [1.807, 2.05) is 54.6 Å². The van der Waals surface area contributed by atoms with Crippen LogP contribution in [0.2, 0.25) is 0 Å². The van der Waals surface area contributed by atoms with E-state index in [1.165, 1.54) is 5.56 Å². The van der Waals surface area contributed by atoms with Gasteiger partial charge in [0.15, 0.2) is 5.78 Å². The monoisotopic (exact) mass is 375 g/mol. The molecule has 0 saturated carbocycles. The number of fused-ring (bicyclic) bond motifs is 1. The number of benzene rings is 3. The molecule has 27 heavy (non-hydrogen) atoms. The molecule has 0 aromatic heterocycles. The van der Waals surface area contributed by atoms with Gasteiger partial charge in [-0.15, -0.1) is 11.8 Å². The fourth-order valence-electron chi connectivity index (χ4n) is 3.43. The summed E-state index contributed by atoms with van der Waals surface area (Å²) in [6.07, 6.45) is 0. The first-order valence-electron chi connectivity index (χ1n) is 8.97. The van der Waals surface area contributed by atoms with Crippen molar-refractivity contribution in [3.63, 3.8) is 0 Å². The van der Waals surface area contributed by atoms with Crippen LogP contribution in [0.3, 0.4) is 0 Å². The van der Waals surface area contributed by atoms with Gasteiger partial charge in [-0.2, -0.15) is 0 Å². The van der Waals surface area contributed by atoms with E-state index in [1.54, 1.807) is 11.8 Å². The van der Waals surface area contributed by atoms with Crippen molar-refractivity contribution in [2.75, 3.05) is 12.3 Å². The van der Waals surface area contributed by atoms with Crippen LogP contribution in [-0.2, 0) is 0 Å². The van der Waals surface area contributed by atoms with Gasteiger partial charge in [-0.3, -0.25) is 4.79 Å². The Balaban J connectivity index is 1.74. The number of aryl methyl sites for hydroxylation is 1. The van der Waals surface area contributed by atoms with Crippen LogP contribution in [0.15, 0.2) is 77.7 Å². The smallest absolute Gasteiger partial charge is 0.174 e. The van der Waals surface area contributed by atoms with Crippen molar-refractivity contribution < 1.29 is 9.53 Å². The molecule has 0 spiro atoms. The number of carbonyl (C=O) groups is 1. The topological polar surface area (TPSA) is 52.3 Å². The lowest BCUT2D eigenvalue weighted by Crippen LogP contribution is -2.31. The molecular formula is C23H21NO2S. The second kappa shape index (κ2) is 7.49. The van der Waals surface area contributed by atoms with Crippen molar-refractivity contribution in [2.24, 2.45) is 5.92 Å². The van der Waals surface area contributed by atoms with Gasteiger partial charge < -0.3 is 10.5 Å². The number of hydrogen-bond donors (Lipinski definition) is 1. The molecule has 0 unspecified atom stereocenters. The van der Waals surface area contributed by atoms with E-state index in [0.717, 1.165) is 16.1 Å². The lowest BCUT2D eigenvalue weighted by Gasteiger charge is -2.31. The lowest BCUT2D eigenvalue weighted by atomic mass is 9.89. The molecule has 4 rings (SSSR count). The molecule has 2 atom stereocenters. The maximum atomic E-state index is 13.3. The van der Waals surface area contributed by atoms with E-state index in [2.05, 4.69) is 25.1 Å². The van der Waals surface area contributed by atoms with Crippen molar-refractivity contribution in [1.82, 2.24) is 0 Å². The van der Waals surface area contributed by atoms with Crippen LogP contribution in [0, 0.1) is 12.8 Å². The van der Waals surface area contributed by atoms with Gasteiger partial charge in [0.1, 0.15) is 5.75 Å². The first-order valence-corrected chi connectivity index (χ1v) is 9.85. The summed E-state index contributed by atoms with van der Waals surface area (Å²) in [5.74, 6) is 0.530. The number of rotatable bonds is 4. The van der Waals surface area contributed by atoms with E-state index in [-0.39, 0.29) is 17.0 Å². The van der Waals surface area contributed by atoms with Crippen molar-refractivity contribution in [3.8, 4) is 5.75 Å². The van der Waals surface area contributed by atoms with E-state index < -0.39 is 0 Å². The van der Waals surface area contributed by atoms with Crippen LogP contribution < -0.4 is 10.5 Å². The van der Waals surface area contributed by atoms with Gasteiger partial charge in [0.25, 0.3) is 0 Å². The normalized spacial score (nSPS) is 17.1. The molecule has 1 heterocycles.